The minimum atomic E-state index is -4.91. The number of hydrogen-bond acceptors (Lipinski definition) is 5. The van der Waals surface area contributed by atoms with Crippen molar-refractivity contribution in [2.45, 2.75) is 24.7 Å². The molecule has 0 aromatic carbocycles. The van der Waals surface area contributed by atoms with Gasteiger partial charge in [0.15, 0.2) is 0 Å². The van der Waals surface area contributed by atoms with Crippen molar-refractivity contribution in [3.63, 3.8) is 0 Å². The molecule has 3 heterocycles. The van der Waals surface area contributed by atoms with Gasteiger partial charge in [0.2, 0.25) is 5.60 Å². The van der Waals surface area contributed by atoms with E-state index in [2.05, 4.69) is 21.3 Å². The second-order valence-corrected chi connectivity index (χ2v) is 8.08. The predicted molar refractivity (Wildman–Crippen MR) is 102 cm³/mol. The molecule has 0 aliphatic carbocycles. The number of carbonyl (C=O) groups excluding carboxylic acids is 1. The molecular formula is C18H24F3N5O2S. The van der Waals surface area contributed by atoms with Gasteiger partial charge in [0.25, 0.3) is 0 Å². The van der Waals surface area contributed by atoms with E-state index in [1.807, 2.05) is 11.4 Å². The molecule has 29 heavy (non-hydrogen) atoms. The van der Waals surface area contributed by atoms with Crippen molar-refractivity contribution in [1.29, 1.82) is 0 Å². The van der Waals surface area contributed by atoms with Gasteiger partial charge in [-0.1, -0.05) is 6.07 Å². The Morgan fingerprint density at radius 2 is 2.03 bits per heavy atom. The highest BCUT2D eigenvalue weighted by atomic mass is 32.1. The first kappa shape index (κ1) is 21.6. The van der Waals surface area contributed by atoms with Gasteiger partial charge >= 0.3 is 12.2 Å². The number of imidazole rings is 1. The number of carbonyl (C=O) groups is 1. The average Bonchev–Trinajstić information content (AvgIpc) is 3.33. The van der Waals surface area contributed by atoms with Crippen LogP contribution in [0.25, 0.3) is 0 Å². The van der Waals surface area contributed by atoms with E-state index in [0.717, 1.165) is 11.1 Å². The number of amides is 2. The Kier molecular flexibility index (Phi) is 6.49. The van der Waals surface area contributed by atoms with Crippen LogP contribution in [0.2, 0.25) is 0 Å². The van der Waals surface area contributed by atoms with Gasteiger partial charge in [0, 0.05) is 70.0 Å². The minimum Gasteiger partial charge on any atom is -0.374 e. The van der Waals surface area contributed by atoms with Gasteiger partial charge in [-0.05, 0) is 11.4 Å². The van der Waals surface area contributed by atoms with Crippen molar-refractivity contribution < 1.29 is 23.1 Å². The zero-order valence-electron chi connectivity index (χ0n) is 16.0. The van der Waals surface area contributed by atoms with Gasteiger partial charge in [-0.15, -0.1) is 11.3 Å². The Hall–Kier alpha value is -2.11. The molecular weight excluding hydrogens is 407 g/mol. The topological polar surface area (TPSA) is 73.6 Å². The Morgan fingerprint density at radius 1 is 1.31 bits per heavy atom. The summed E-state index contributed by atoms with van der Waals surface area (Å²) in [7, 11) is 1.38. The number of aryl methyl sites for hydroxylation is 1. The monoisotopic (exact) mass is 431 g/mol. The van der Waals surface area contributed by atoms with Crippen LogP contribution in [0.1, 0.15) is 17.1 Å². The quantitative estimate of drug-likeness (QED) is 0.735. The maximum Gasteiger partial charge on any atom is 0.424 e. The lowest BCUT2D eigenvalue weighted by molar-refractivity contribution is -0.272. The first-order valence-corrected chi connectivity index (χ1v) is 10.1. The highest BCUT2D eigenvalue weighted by molar-refractivity contribution is 7.09. The van der Waals surface area contributed by atoms with Crippen LogP contribution >= 0.6 is 11.3 Å². The summed E-state index contributed by atoms with van der Waals surface area (Å²) in [5.41, 5.74) is -3.13. The molecule has 0 bridgehead atoms. The molecule has 2 aromatic rings. The molecule has 1 saturated heterocycles. The van der Waals surface area contributed by atoms with Crippen LogP contribution in [0.3, 0.4) is 0 Å². The lowest BCUT2D eigenvalue weighted by atomic mass is 9.97. The van der Waals surface area contributed by atoms with E-state index in [-0.39, 0.29) is 6.54 Å². The summed E-state index contributed by atoms with van der Waals surface area (Å²) in [5.74, 6) is -0.499. The van der Waals surface area contributed by atoms with E-state index in [1.165, 1.54) is 24.3 Å². The molecule has 7 nitrogen and oxygen atoms in total. The van der Waals surface area contributed by atoms with Crippen molar-refractivity contribution in [1.82, 2.24) is 24.7 Å². The van der Waals surface area contributed by atoms with Gasteiger partial charge in [-0.2, -0.15) is 13.2 Å². The van der Waals surface area contributed by atoms with E-state index < -0.39 is 30.1 Å². The summed E-state index contributed by atoms with van der Waals surface area (Å²) in [6.45, 7) is 2.91. The average molecular weight is 431 g/mol. The zero-order valence-corrected chi connectivity index (χ0v) is 16.8. The minimum absolute atomic E-state index is 0.322. The maximum absolute atomic E-state index is 13.5. The van der Waals surface area contributed by atoms with Crippen LogP contribution in [-0.4, -0.2) is 69.4 Å². The molecule has 160 valence electrons. The molecule has 1 fully saturated rings. The first-order chi connectivity index (χ1) is 13.7. The number of hydrogen-bond donors (Lipinski definition) is 2. The lowest BCUT2D eigenvalue weighted by Gasteiger charge is -2.35. The third kappa shape index (κ3) is 4.90. The molecule has 2 amide bonds. The highest BCUT2D eigenvalue weighted by Gasteiger charge is 2.57. The SMILES string of the molecule is Cn1ccnc1C(O)(CCNC(=O)N1CCN(Cc2cccs2)CC1)C(F)(F)F. The van der Waals surface area contributed by atoms with Gasteiger partial charge in [0.1, 0.15) is 5.82 Å². The predicted octanol–water partition coefficient (Wildman–Crippen LogP) is 2.15. The molecule has 2 N–H and O–H groups in total. The maximum atomic E-state index is 13.5. The molecule has 1 aliphatic heterocycles. The van der Waals surface area contributed by atoms with Gasteiger partial charge < -0.3 is 19.9 Å². The fourth-order valence-electron chi connectivity index (χ4n) is 3.34. The fraction of sp³-hybridized carbons (Fsp3) is 0.556. The number of nitrogens with zero attached hydrogens (tertiary/aromatic N) is 4. The smallest absolute Gasteiger partial charge is 0.374 e. The van der Waals surface area contributed by atoms with Gasteiger partial charge in [-0.3, -0.25) is 4.90 Å². The number of nitrogens with one attached hydrogen (secondary N) is 1. The molecule has 1 aliphatic rings. The largest absolute Gasteiger partial charge is 0.424 e. The molecule has 0 radical (unpaired) electrons. The number of aromatic nitrogens is 2. The van der Waals surface area contributed by atoms with Crippen molar-refractivity contribution >= 4 is 17.4 Å². The Morgan fingerprint density at radius 3 is 2.59 bits per heavy atom. The second-order valence-electron chi connectivity index (χ2n) is 7.04. The Labute approximate surface area is 170 Å². The van der Waals surface area contributed by atoms with Crippen LogP contribution < -0.4 is 5.32 Å². The summed E-state index contributed by atoms with van der Waals surface area (Å²) < 4.78 is 41.6. The summed E-state index contributed by atoms with van der Waals surface area (Å²) in [6, 6.07) is 3.63. The summed E-state index contributed by atoms with van der Waals surface area (Å²) in [4.78, 5) is 21.0. The number of alkyl halides is 3. The van der Waals surface area contributed by atoms with Gasteiger partial charge in [-0.25, -0.2) is 9.78 Å². The summed E-state index contributed by atoms with van der Waals surface area (Å²) >= 11 is 1.68. The zero-order chi connectivity index (χ0) is 21.1. The number of piperazine rings is 1. The van der Waals surface area contributed by atoms with Crippen molar-refractivity contribution in [3.05, 3.63) is 40.6 Å². The number of urea groups is 1. The number of rotatable bonds is 6. The molecule has 11 heteroatoms. The second kappa shape index (κ2) is 8.72. The normalized spacial score (nSPS) is 17.9. The van der Waals surface area contributed by atoms with Crippen molar-refractivity contribution in [2.75, 3.05) is 32.7 Å². The fourth-order valence-corrected chi connectivity index (χ4v) is 4.08. The molecule has 0 spiro atoms. The third-order valence-corrected chi connectivity index (χ3v) is 5.90. The highest BCUT2D eigenvalue weighted by Crippen LogP contribution is 2.40. The van der Waals surface area contributed by atoms with Crippen molar-refractivity contribution in [3.8, 4) is 0 Å². The number of halogens is 3. The van der Waals surface area contributed by atoms with E-state index in [4.69, 9.17) is 0 Å². The van der Waals surface area contributed by atoms with E-state index >= 15 is 0 Å². The van der Waals surface area contributed by atoms with E-state index in [0.29, 0.717) is 26.2 Å². The van der Waals surface area contributed by atoms with Crippen LogP contribution in [0.4, 0.5) is 18.0 Å². The Balaban J connectivity index is 1.49. The summed E-state index contributed by atoms with van der Waals surface area (Å²) in [5, 5.41) is 14.8. The van der Waals surface area contributed by atoms with Gasteiger partial charge in [0.05, 0.1) is 0 Å². The third-order valence-electron chi connectivity index (χ3n) is 5.04. The first-order valence-electron chi connectivity index (χ1n) is 9.25. The van der Waals surface area contributed by atoms with Crippen LogP contribution in [0.15, 0.2) is 29.9 Å². The standard InChI is InChI=1S/C18H24F3N5O2S/c1-24-7-6-22-15(24)17(28,18(19,20)21)4-5-23-16(27)26-10-8-25(9-11-26)13-14-3-2-12-29-14/h2-3,6-7,12,28H,4-5,8-11,13H2,1H3,(H,23,27). The molecule has 3 rings (SSSR count). The van der Waals surface area contributed by atoms with Crippen LogP contribution in [0, 0.1) is 0 Å². The van der Waals surface area contributed by atoms with E-state index in [9.17, 15) is 23.1 Å². The molecule has 1 unspecified atom stereocenters. The Bertz CT molecular complexity index is 803. The number of aliphatic hydroxyl groups is 1. The molecule has 0 saturated carbocycles. The molecule has 1 atom stereocenters. The van der Waals surface area contributed by atoms with Crippen LogP contribution in [-0.2, 0) is 19.2 Å². The molecule has 2 aromatic heterocycles. The van der Waals surface area contributed by atoms with E-state index in [1.54, 1.807) is 16.2 Å². The summed E-state index contributed by atoms with van der Waals surface area (Å²) in [6.07, 6.45) is -3.10. The van der Waals surface area contributed by atoms with Crippen LogP contribution in [0.5, 0.6) is 0 Å². The lowest BCUT2D eigenvalue weighted by Crippen LogP contribution is -2.52. The van der Waals surface area contributed by atoms with Crippen molar-refractivity contribution in [2.24, 2.45) is 7.05 Å². The number of thiophene rings is 1.